The fraction of sp³-hybridized carbons (Fsp3) is 0.562. The van der Waals surface area contributed by atoms with Gasteiger partial charge in [0.15, 0.2) is 0 Å². The van der Waals surface area contributed by atoms with Gasteiger partial charge in [-0.25, -0.2) is 0 Å². The van der Waals surface area contributed by atoms with E-state index in [2.05, 4.69) is 0 Å². The lowest BCUT2D eigenvalue weighted by molar-refractivity contribution is -0.311. The number of ether oxygens (including phenoxy) is 2. The zero-order valence-corrected chi connectivity index (χ0v) is 12.8. The summed E-state index contributed by atoms with van der Waals surface area (Å²) in [6, 6.07) is 9.71. The summed E-state index contributed by atoms with van der Waals surface area (Å²) >= 11 is 0. The molecule has 1 fully saturated rings. The maximum atomic E-state index is 11.0. The Balaban J connectivity index is 2.30. The predicted molar refractivity (Wildman–Crippen MR) is 79.0 cm³/mol. The SMILES string of the molecule is CC(C)(C)OC1(c2ccccc2)CN(CC(=O)O)CCO1. The van der Waals surface area contributed by atoms with Gasteiger partial charge in [0.1, 0.15) is 0 Å². The quantitative estimate of drug-likeness (QED) is 0.921. The van der Waals surface area contributed by atoms with Crippen molar-refractivity contribution in [3.63, 3.8) is 0 Å². The van der Waals surface area contributed by atoms with Crippen molar-refractivity contribution in [1.29, 1.82) is 0 Å². The van der Waals surface area contributed by atoms with E-state index in [9.17, 15) is 4.79 Å². The molecule has 0 aliphatic carbocycles. The van der Waals surface area contributed by atoms with Crippen molar-refractivity contribution >= 4 is 5.97 Å². The number of carboxylic acid groups (broad SMARTS) is 1. The molecular weight excluding hydrogens is 270 g/mol. The van der Waals surface area contributed by atoms with E-state index in [1.54, 1.807) is 0 Å². The first-order valence-corrected chi connectivity index (χ1v) is 7.15. The van der Waals surface area contributed by atoms with Gasteiger partial charge in [0.2, 0.25) is 5.79 Å². The molecule has 0 spiro atoms. The van der Waals surface area contributed by atoms with Crippen LogP contribution in [0.25, 0.3) is 0 Å². The number of carboxylic acids is 1. The third kappa shape index (κ3) is 4.27. The van der Waals surface area contributed by atoms with Crippen LogP contribution in [-0.2, 0) is 20.1 Å². The minimum absolute atomic E-state index is 0.00849. The maximum Gasteiger partial charge on any atom is 0.317 e. The molecule has 0 amide bonds. The molecule has 2 rings (SSSR count). The molecule has 21 heavy (non-hydrogen) atoms. The van der Waals surface area contributed by atoms with Crippen molar-refractivity contribution in [2.24, 2.45) is 0 Å². The fourth-order valence-corrected chi connectivity index (χ4v) is 2.57. The van der Waals surface area contributed by atoms with Crippen LogP contribution in [0, 0.1) is 0 Å². The minimum atomic E-state index is -0.923. The molecule has 1 heterocycles. The van der Waals surface area contributed by atoms with Crippen LogP contribution in [0.15, 0.2) is 30.3 Å². The first-order valence-electron chi connectivity index (χ1n) is 7.15. The molecule has 1 aromatic rings. The topological polar surface area (TPSA) is 59.0 Å². The first-order chi connectivity index (χ1) is 9.81. The second-order valence-electron chi connectivity index (χ2n) is 6.29. The summed E-state index contributed by atoms with van der Waals surface area (Å²) in [5.41, 5.74) is 0.511. The minimum Gasteiger partial charge on any atom is -0.480 e. The third-order valence-electron chi connectivity index (χ3n) is 3.22. The van der Waals surface area contributed by atoms with Gasteiger partial charge in [-0.3, -0.25) is 9.69 Å². The van der Waals surface area contributed by atoms with Crippen LogP contribution in [0.5, 0.6) is 0 Å². The van der Waals surface area contributed by atoms with Crippen LogP contribution in [-0.4, -0.2) is 47.8 Å². The van der Waals surface area contributed by atoms with Gasteiger partial charge in [0.25, 0.3) is 0 Å². The molecule has 1 N–H and O–H groups in total. The summed E-state index contributed by atoms with van der Waals surface area (Å²) in [5, 5.41) is 9.02. The standard InChI is InChI=1S/C16H23NO4/c1-15(2,3)21-16(13-7-5-4-6-8-13)12-17(9-10-20-16)11-14(18)19/h4-8H,9-12H2,1-3H3,(H,18,19). The van der Waals surface area contributed by atoms with E-state index >= 15 is 0 Å². The molecule has 1 aliphatic rings. The Morgan fingerprint density at radius 1 is 1.38 bits per heavy atom. The van der Waals surface area contributed by atoms with E-state index in [1.165, 1.54) is 0 Å². The Kier molecular flexibility index (Phi) is 4.66. The van der Waals surface area contributed by atoms with Gasteiger partial charge >= 0.3 is 5.97 Å². The molecule has 1 saturated heterocycles. The summed E-state index contributed by atoms with van der Waals surface area (Å²) in [5.74, 6) is -1.76. The molecule has 0 aromatic heterocycles. The van der Waals surface area contributed by atoms with Crippen molar-refractivity contribution in [1.82, 2.24) is 4.90 Å². The van der Waals surface area contributed by atoms with Crippen molar-refractivity contribution in [3.8, 4) is 0 Å². The van der Waals surface area contributed by atoms with Gasteiger partial charge in [0, 0.05) is 12.1 Å². The normalized spacial score (nSPS) is 24.0. The first kappa shape index (κ1) is 15.9. The Bertz CT molecular complexity index is 483. The second kappa shape index (κ2) is 6.13. The number of hydrogen-bond acceptors (Lipinski definition) is 4. The Morgan fingerprint density at radius 3 is 2.62 bits per heavy atom. The molecule has 0 bridgehead atoms. The Hall–Kier alpha value is -1.43. The lowest BCUT2D eigenvalue weighted by atomic mass is 10.0. The molecular formula is C16H23NO4. The van der Waals surface area contributed by atoms with Crippen LogP contribution < -0.4 is 0 Å². The number of hydrogen-bond donors (Lipinski definition) is 1. The number of nitrogens with zero attached hydrogens (tertiary/aromatic N) is 1. The van der Waals surface area contributed by atoms with Crippen LogP contribution in [0.1, 0.15) is 26.3 Å². The smallest absolute Gasteiger partial charge is 0.317 e. The van der Waals surface area contributed by atoms with E-state index < -0.39 is 17.4 Å². The van der Waals surface area contributed by atoms with Crippen molar-refractivity contribution in [3.05, 3.63) is 35.9 Å². The van der Waals surface area contributed by atoms with Gasteiger partial charge in [-0.1, -0.05) is 30.3 Å². The zero-order valence-electron chi connectivity index (χ0n) is 12.8. The zero-order chi connectivity index (χ0) is 15.5. The summed E-state index contributed by atoms with van der Waals surface area (Å²) in [4.78, 5) is 12.8. The largest absolute Gasteiger partial charge is 0.480 e. The van der Waals surface area contributed by atoms with E-state index in [-0.39, 0.29) is 6.54 Å². The summed E-state index contributed by atoms with van der Waals surface area (Å²) in [6.07, 6.45) is 0. The van der Waals surface area contributed by atoms with E-state index in [4.69, 9.17) is 14.6 Å². The van der Waals surface area contributed by atoms with Gasteiger partial charge < -0.3 is 14.6 Å². The van der Waals surface area contributed by atoms with Gasteiger partial charge in [-0.15, -0.1) is 0 Å². The summed E-state index contributed by atoms with van der Waals surface area (Å²) < 4.78 is 12.2. The van der Waals surface area contributed by atoms with Crippen LogP contribution in [0.4, 0.5) is 0 Å². The average molecular weight is 293 g/mol. The van der Waals surface area contributed by atoms with Crippen molar-refractivity contribution in [2.75, 3.05) is 26.2 Å². The molecule has 1 aliphatic heterocycles. The van der Waals surface area contributed by atoms with Gasteiger partial charge in [0.05, 0.1) is 25.3 Å². The monoisotopic (exact) mass is 293 g/mol. The number of carbonyl (C=O) groups is 1. The highest BCUT2D eigenvalue weighted by Gasteiger charge is 2.42. The number of morpholine rings is 1. The summed E-state index contributed by atoms with van der Waals surface area (Å²) in [7, 11) is 0. The van der Waals surface area contributed by atoms with E-state index in [1.807, 2.05) is 56.0 Å². The molecule has 5 heteroatoms. The number of benzene rings is 1. The molecule has 1 atom stereocenters. The molecule has 5 nitrogen and oxygen atoms in total. The molecule has 116 valence electrons. The van der Waals surface area contributed by atoms with Crippen molar-refractivity contribution in [2.45, 2.75) is 32.2 Å². The van der Waals surface area contributed by atoms with E-state index in [0.717, 1.165) is 5.56 Å². The predicted octanol–water partition coefficient (Wildman–Crippen LogP) is 2.07. The fourth-order valence-electron chi connectivity index (χ4n) is 2.57. The number of rotatable bonds is 4. The second-order valence-corrected chi connectivity index (χ2v) is 6.29. The van der Waals surface area contributed by atoms with Gasteiger partial charge in [-0.2, -0.15) is 0 Å². The highest BCUT2D eigenvalue weighted by molar-refractivity contribution is 5.69. The molecule has 1 unspecified atom stereocenters. The Labute approximate surface area is 125 Å². The maximum absolute atomic E-state index is 11.0. The molecule has 0 radical (unpaired) electrons. The number of aliphatic carboxylic acids is 1. The van der Waals surface area contributed by atoms with Crippen LogP contribution >= 0.6 is 0 Å². The Morgan fingerprint density at radius 2 is 2.05 bits per heavy atom. The average Bonchev–Trinajstić information content (AvgIpc) is 2.37. The molecule has 1 aromatic carbocycles. The summed E-state index contributed by atoms with van der Waals surface area (Å²) in [6.45, 7) is 7.34. The van der Waals surface area contributed by atoms with Gasteiger partial charge in [-0.05, 0) is 20.8 Å². The lowest BCUT2D eigenvalue weighted by Gasteiger charge is -2.45. The highest BCUT2D eigenvalue weighted by atomic mass is 16.7. The lowest BCUT2D eigenvalue weighted by Crippen LogP contribution is -2.54. The van der Waals surface area contributed by atoms with Crippen LogP contribution in [0.3, 0.4) is 0 Å². The van der Waals surface area contributed by atoms with E-state index in [0.29, 0.717) is 19.7 Å². The highest BCUT2D eigenvalue weighted by Crippen LogP contribution is 2.35. The van der Waals surface area contributed by atoms with Crippen LogP contribution in [0.2, 0.25) is 0 Å². The third-order valence-corrected chi connectivity index (χ3v) is 3.22. The van der Waals surface area contributed by atoms with Crippen molar-refractivity contribution < 1.29 is 19.4 Å². The molecule has 0 saturated carbocycles.